The Kier molecular flexibility index (Phi) is 2.51. The van der Waals surface area contributed by atoms with E-state index in [1.807, 2.05) is 12.4 Å². The number of nitrogens with one attached hydrogen (secondary N) is 1. The number of aromatic nitrogens is 2. The Labute approximate surface area is 109 Å². The van der Waals surface area contributed by atoms with Gasteiger partial charge in [-0.2, -0.15) is 0 Å². The molecule has 4 aliphatic carbocycles. The van der Waals surface area contributed by atoms with Crippen LogP contribution in [0.5, 0.6) is 0 Å². The molecule has 1 aromatic heterocycles. The fourth-order valence-corrected chi connectivity index (χ4v) is 5.44. The van der Waals surface area contributed by atoms with Crippen LogP contribution in [0.1, 0.15) is 37.9 Å². The second-order valence-corrected chi connectivity index (χ2v) is 6.91. The Morgan fingerprint density at radius 3 is 2.39 bits per heavy atom. The van der Waals surface area contributed by atoms with Gasteiger partial charge in [0.05, 0.1) is 0 Å². The molecule has 0 saturated heterocycles. The number of hydrogen-bond acceptors (Lipinski definition) is 2. The van der Waals surface area contributed by atoms with E-state index in [0.29, 0.717) is 6.04 Å². The maximum Gasteiger partial charge on any atom is 0.107 e. The van der Waals surface area contributed by atoms with E-state index in [1.54, 1.807) is 0 Å². The van der Waals surface area contributed by atoms with Gasteiger partial charge >= 0.3 is 0 Å². The molecule has 1 heterocycles. The van der Waals surface area contributed by atoms with Gasteiger partial charge in [-0.25, -0.2) is 4.98 Å². The van der Waals surface area contributed by atoms with E-state index < -0.39 is 0 Å². The van der Waals surface area contributed by atoms with Gasteiger partial charge in [0.15, 0.2) is 0 Å². The first kappa shape index (κ1) is 11.0. The first-order valence-corrected chi connectivity index (χ1v) is 7.53. The van der Waals surface area contributed by atoms with Crippen LogP contribution in [0, 0.1) is 29.6 Å². The number of nitrogens with two attached hydrogens (primary N) is 1. The molecule has 3 N–H and O–H groups in total. The standard InChI is InChI=1S/C15H23N3/c16-13(8-14-17-1-2-18-14)15-11-4-9-3-10(6-11)7-12(15)5-9/h1-2,9-13,15H,3-8,16H2,(H,17,18). The van der Waals surface area contributed by atoms with Crippen molar-refractivity contribution in [2.75, 3.05) is 0 Å². The van der Waals surface area contributed by atoms with Crippen LogP contribution in [0.2, 0.25) is 0 Å². The summed E-state index contributed by atoms with van der Waals surface area (Å²) in [5.41, 5.74) is 6.53. The van der Waals surface area contributed by atoms with Gasteiger partial charge in [-0.15, -0.1) is 0 Å². The van der Waals surface area contributed by atoms with Crippen LogP contribution in [0.15, 0.2) is 12.4 Å². The van der Waals surface area contributed by atoms with Gasteiger partial charge in [0.2, 0.25) is 0 Å². The molecule has 4 saturated carbocycles. The number of hydrogen-bond donors (Lipinski definition) is 2. The Morgan fingerprint density at radius 2 is 1.83 bits per heavy atom. The first-order chi connectivity index (χ1) is 8.79. The lowest BCUT2D eigenvalue weighted by Crippen LogP contribution is -2.52. The second kappa shape index (κ2) is 4.09. The maximum atomic E-state index is 6.53. The molecule has 1 atom stereocenters. The van der Waals surface area contributed by atoms with E-state index in [0.717, 1.165) is 41.8 Å². The van der Waals surface area contributed by atoms with E-state index >= 15 is 0 Å². The topological polar surface area (TPSA) is 54.7 Å². The highest BCUT2D eigenvalue weighted by molar-refractivity contribution is 5.03. The summed E-state index contributed by atoms with van der Waals surface area (Å²) in [5, 5.41) is 0. The highest BCUT2D eigenvalue weighted by atomic mass is 14.9. The number of nitrogens with zero attached hydrogens (tertiary/aromatic N) is 1. The predicted octanol–water partition coefficient (Wildman–Crippen LogP) is 2.35. The lowest BCUT2D eigenvalue weighted by Gasteiger charge is -2.56. The van der Waals surface area contributed by atoms with Gasteiger partial charge < -0.3 is 10.7 Å². The molecule has 0 radical (unpaired) electrons. The third-order valence-electron chi connectivity index (χ3n) is 5.78. The molecule has 0 amide bonds. The van der Waals surface area contributed by atoms with Crippen LogP contribution in [-0.2, 0) is 6.42 Å². The number of aromatic amines is 1. The average Bonchev–Trinajstić information content (AvgIpc) is 2.80. The van der Waals surface area contributed by atoms with Gasteiger partial charge in [-0.05, 0) is 61.7 Å². The van der Waals surface area contributed by atoms with Crippen LogP contribution in [0.3, 0.4) is 0 Å². The van der Waals surface area contributed by atoms with Gasteiger partial charge in [0, 0.05) is 24.9 Å². The number of H-pyrrole nitrogens is 1. The molecule has 3 nitrogen and oxygen atoms in total. The molecule has 98 valence electrons. The monoisotopic (exact) mass is 245 g/mol. The lowest BCUT2D eigenvalue weighted by atomic mass is 9.50. The molecule has 1 unspecified atom stereocenters. The summed E-state index contributed by atoms with van der Waals surface area (Å²) in [6.07, 6.45) is 12.0. The van der Waals surface area contributed by atoms with Crippen molar-refractivity contribution in [3.63, 3.8) is 0 Å². The van der Waals surface area contributed by atoms with Crippen molar-refractivity contribution >= 4 is 0 Å². The van der Waals surface area contributed by atoms with Crippen LogP contribution in [0.25, 0.3) is 0 Å². The fraction of sp³-hybridized carbons (Fsp3) is 0.800. The van der Waals surface area contributed by atoms with Crippen molar-refractivity contribution in [2.45, 2.75) is 44.6 Å². The molecule has 0 aliphatic heterocycles. The summed E-state index contributed by atoms with van der Waals surface area (Å²) >= 11 is 0. The van der Waals surface area contributed by atoms with Crippen LogP contribution in [0.4, 0.5) is 0 Å². The zero-order valence-corrected chi connectivity index (χ0v) is 10.9. The summed E-state index contributed by atoms with van der Waals surface area (Å²) in [7, 11) is 0. The van der Waals surface area contributed by atoms with Crippen molar-refractivity contribution in [1.82, 2.24) is 9.97 Å². The fourth-order valence-electron chi connectivity index (χ4n) is 5.44. The molecule has 0 aromatic carbocycles. The normalized spacial score (nSPS) is 43.3. The molecule has 4 fully saturated rings. The Morgan fingerprint density at radius 1 is 1.17 bits per heavy atom. The molecule has 5 rings (SSSR count). The maximum absolute atomic E-state index is 6.53. The molecular weight excluding hydrogens is 222 g/mol. The highest BCUT2D eigenvalue weighted by Gasteiger charge is 2.49. The zero-order chi connectivity index (χ0) is 12.1. The Balaban J connectivity index is 1.50. The second-order valence-electron chi connectivity index (χ2n) is 6.91. The minimum atomic E-state index is 0.311. The van der Waals surface area contributed by atoms with Crippen LogP contribution < -0.4 is 5.73 Å². The highest BCUT2D eigenvalue weighted by Crippen LogP contribution is 2.57. The third-order valence-corrected chi connectivity index (χ3v) is 5.78. The lowest BCUT2D eigenvalue weighted by molar-refractivity contribution is -0.0466. The molecule has 3 heteroatoms. The van der Waals surface area contributed by atoms with E-state index in [1.165, 1.54) is 32.1 Å². The van der Waals surface area contributed by atoms with Crippen LogP contribution in [-0.4, -0.2) is 16.0 Å². The van der Waals surface area contributed by atoms with Crippen molar-refractivity contribution in [2.24, 2.45) is 35.3 Å². The predicted molar refractivity (Wildman–Crippen MR) is 70.8 cm³/mol. The number of imidazole rings is 1. The van der Waals surface area contributed by atoms with E-state index in [4.69, 9.17) is 5.73 Å². The van der Waals surface area contributed by atoms with Gasteiger partial charge in [-0.1, -0.05) is 0 Å². The molecule has 4 aliphatic rings. The molecule has 4 bridgehead atoms. The minimum Gasteiger partial charge on any atom is -0.349 e. The number of rotatable bonds is 3. The van der Waals surface area contributed by atoms with Crippen molar-refractivity contribution in [1.29, 1.82) is 0 Å². The SMILES string of the molecule is NC(Cc1ncc[nH]1)C1C2CC3CC(C2)CC1C3. The Bertz CT molecular complexity index is 383. The average molecular weight is 245 g/mol. The summed E-state index contributed by atoms with van der Waals surface area (Å²) < 4.78 is 0. The minimum absolute atomic E-state index is 0.311. The van der Waals surface area contributed by atoms with Crippen LogP contribution >= 0.6 is 0 Å². The third kappa shape index (κ3) is 1.71. The van der Waals surface area contributed by atoms with Gasteiger partial charge in [0.1, 0.15) is 5.82 Å². The quantitative estimate of drug-likeness (QED) is 0.859. The van der Waals surface area contributed by atoms with Gasteiger partial charge in [0.25, 0.3) is 0 Å². The Hall–Kier alpha value is -0.830. The van der Waals surface area contributed by atoms with Crippen molar-refractivity contribution < 1.29 is 0 Å². The molecule has 18 heavy (non-hydrogen) atoms. The van der Waals surface area contributed by atoms with E-state index in [9.17, 15) is 0 Å². The van der Waals surface area contributed by atoms with Crippen molar-refractivity contribution in [3.8, 4) is 0 Å². The molecular formula is C15H23N3. The zero-order valence-electron chi connectivity index (χ0n) is 10.9. The van der Waals surface area contributed by atoms with Crippen molar-refractivity contribution in [3.05, 3.63) is 18.2 Å². The van der Waals surface area contributed by atoms with E-state index in [2.05, 4.69) is 9.97 Å². The first-order valence-electron chi connectivity index (χ1n) is 7.53. The summed E-state index contributed by atoms with van der Waals surface area (Å²) in [6, 6.07) is 0.311. The smallest absolute Gasteiger partial charge is 0.107 e. The van der Waals surface area contributed by atoms with E-state index in [-0.39, 0.29) is 0 Å². The van der Waals surface area contributed by atoms with Gasteiger partial charge in [-0.3, -0.25) is 0 Å². The summed E-state index contributed by atoms with van der Waals surface area (Å²) in [4.78, 5) is 7.53. The summed E-state index contributed by atoms with van der Waals surface area (Å²) in [5.74, 6) is 5.76. The molecule has 0 spiro atoms. The molecule has 1 aromatic rings. The summed E-state index contributed by atoms with van der Waals surface area (Å²) in [6.45, 7) is 0. The largest absolute Gasteiger partial charge is 0.349 e.